The van der Waals surface area contributed by atoms with Crippen LogP contribution in [0, 0.1) is 12.8 Å². The van der Waals surface area contributed by atoms with Gasteiger partial charge in [0.15, 0.2) is 0 Å². The Morgan fingerprint density at radius 2 is 1.67 bits per heavy atom. The normalized spacial score (nSPS) is 12.8. The van der Waals surface area contributed by atoms with Crippen molar-refractivity contribution in [3.05, 3.63) is 21.6 Å². The summed E-state index contributed by atoms with van der Waals surface area (Å²) in [5.41, 5.74) is 2.08. The highest BCUT2D eigenvalue weighted by Crippen LogP contribution is 2.25. The van der Waals surface area contributed by atoms with Crippen molar-refractivity contribution in [1.82, 2.24) is 9.36 Å². The molecule has 0 atom stereocenters. The first-order chi connectivity index (χ1) is 8.09. The number of rotatable bonds is 4. The fraction of sp³-hybridized carbons (Fsp3) is 0.800. The summed E-state index contributed by atoms with van der Waals surface area (Å²) >= 11 is 0. The third kappa shape index (κ3) is 2.55. The summed E-state index contributed by atoms with van der Waals surface area (Å²) in [5.74, 6) is 0.851. The van der Waals surface area contributed by atoms with Gasteiger partial charge in [0.25, 0.3) is 5.56 Å². The van der Waals surface area contributed by atoms with Crippen molar-refractivity contribution < 1.29 is 0 Å². The van der Waals surface area contributed by atoms with E-state index in [0.29, 0.717) is 5.92 Å². The largest absolute Gasteiger partial charge is 0.289 e. The summed E-state index contributed by atoms with van der Waals surface area (Å²) in [4.78, 5) is 12.6. The minimum absolute atomic E-state index is 0.141. The van der Waals surface area contributed by atoms with Gasteiger partial charge >= 0.3 is 0 Å². The van der Waals surface area contributed by atoms with Crippen LogP contribution in [0.15, 0.2) is 4.79 Å². The van der Waals surface area contributed by atoms with Gasteiger partial charge < -0.3 is 0 Å². The highest BCUT2D eigenvalue weighted by atomic mass is 16.1. The van der Waals surface area contributed by atoms with Crippen molar-refractivity contribution in [1.29, 1.82) is 0 Å². The van der Waals surface area contributed by atoms with Gasteiger partial charge in [0.05, 0.1) is 5.54 Å². The molecule has 1 aromatic rings. The fourth-order valence-corrected chi connectivity index (χ4v) is 3.16. The summed E-state index contributed by atoms with van der Waals surface area (Å²) in [6.07, 6.45) is 1.00. The lowest BCUT2D eigenvalue weighted by Crippen LogP contribution is -2.40. The number of hydrogen-bond acceptors (Lipinski definition) is 1. The predicted molar refractivity (Wildman–Crippen MR) is 77.3 cm³/mol. The molecule has 1 aromatic heterocycles. The van der Waals surface area contributed by atoms with Crippen LogP contribution in [-0.4, -0.2) is 9.36 Å². The van der Waals surface area contributed by atoms with Crippen LogP contribution in [0.4, 0.5) is 0 Å². The van der Waals surface area contributed by atoms with Gasteiger partial charge in [0.2, 0.25) is 0 Å². The third-order valence-corrected chi connectivity index (χ3v) is 3.66. The van der Waals surface area contributed by atoms with E-state index in [1.807, 2.05) is 23.3 Å². The Bertz CT molecular complexity index is 475. The number of hydrogen-bond donors (Lipinski definition) is 0. The molecule has 0 N–H and O–H groups in total. The zero-order valence-corrected chi connectivity index (χ0v) is 13.2. The maximum absolute atomic E-state index is 12.6. The smallest absolute Gasteiger partial charge is 0.270 e. The SMILES string of the molecule is Cc1c(C(C)C)c(=O)n(C(C)(C)CC(C)C)n1C. The second-order valence-electron chi connectivity index (χ2n) is 6.70. The molecule has 0 aliphatic rings. The highest BCUT2D eigenvalue weighted by molar-refractivity contribution is 5.21. The molecule has 18 heavy (non-hydrogen) atoms. The van der Waals surface area contributed by atoms with Crippen LogP contribution in [0.25, 0.3) is 0 Å². The second kappa shape index (κ2) is 4.94. The quantitative estimate of drug-likeness (QED) is 0.807. The first-order valence-corrected chi connectivity index (χ1v) is 6.88. The molecule has 0 aromatic carbocycles. The molecule has 0 spiro atoms. The molecule has 0 radical (unpaired) electrons. The van der Waals surface area contributed by atoms with E-state index < -0.39 is 0 Å². The van der Waals surface area contributed by atoms with Crippen LogP contribution >= 0.6 is 0 Å². The van der Waals surface area contributed by atoms with E-state index in [-0.39, 0.29) is 17.0 Å². The van der Waals surface area contributed by atoms with Crippen molar-refractivity contribution in [3.8, 4) is 0 Å². The Morgan fingerprint density at radius 3 is 2.00 bits per heavy atom. The molecule has 0 saturated heterocycles. The van der Waals surface area contributed by atoms with Crippen LogP contribution < -0.4 is 5.56 Å². The van der Waals surface area contributed by atoms with Crippen molar-refractivity contribution in [2.45, 2.75) is 66.3 Å². The highest BCUT2D eigenvalue weighted by Gasteiger charge is 2.29. The molecular weight excluding hydrogens is 224 g/mol. The summed E-state index contributed by atoms with van der Waals surface area (Å²) < 4.78 is 3.96. The van der Waals surface area contributed by atoms with Crippen molar-refractivity contribution in [3.63, 3.8) is 0 Å². The molecule has 0 fully saturated rings. The van der Waals surface area contributed by atoms with Gasteiger partial charge in [-0.1, -0.05) is 27.7 Å². The van der Waals surface area contributed by atoms with Crippen molar-refractivity contribution in [2.75, 3.05) is 0 Å². The summed E-state index contributed by atoms with van der Waals surface area (Å²) in [6, 6.07) is 0. The van der Waals surface area contributed by atoms with Gasteiger partial charge in [0, 0.05) is 18.3 Å². The molecule has 0 unspecified atom stereocenters. The third-order valence-electron chi connectivity index (χ3n) is 3.66. The maximum Gasteiger partial charge on any atom is 0.270 e. The zero-order chi connectivity index (χ0) is 14.2. The summed E-state index contributed by atoms with van der Waals surface area (Å²) in [5, 5.41) is 0. The molecule has 3 heteroatoms. The minimum atomic E-state index is -0.141. The topological polar surface area (TPSA) is 26.9 Å². The first kappa shape index (κ1) is 15.1. The van der Waals surface area contributed by atoms with Gasteiger partial charge in [-0.3, -0.25) is 9.48 Å². The summed E-state index contributed by atoms with van der Waals surface area (Å²) in [7, 11) is 1.99. The zero-order valence-electron chi connectivity index (χ0n) is 13.2. The Kier molecular flexibility index (Phi) is 4.14. The summed E-state index contributed by atoms with van der Waals surface area (Å²) in [6.45, 7) is 14.9. The standard InChI is InChI=1S/C15H28N2O/c1-10(2)9-15(6,7)17-14(18)13(11(3)4)12(5)16(17)8/h10-11H,9H2,1-8H3. The maximum atomic E-state index is 12.6. The molecule has 1 rings (SSSR count). The van der Waals surface area contributed by atoms with Gasteiger partial charge in [-0.25, -0.2) is 4.68 Å². The molecule has 3 nitrogen and oxygen atoms in total. The van der Waals surface area contributed by atoms with E-state index in [1.165, 1.54) is 0 Å². The van der Waals surface area contributed by atoms with Crippen LogP contribution in [0.5, 0.6) is 0 Å². The molecule has 104 valence electrons. The van der Waals surface area contributed by atoms with Crippen molar-refractivity contribution in [2.24, 2.45) is 13.0 Å². The minimum Gasteiger partial charge on any atom is -0.289 e. The monoisotopic (exact) mass is 252 g/mol. The van der Waals surface area contributed by atoms with Crippen molar-refractivity contribution >= 4 is 0 Å². The Hall–Kier alpha value is -0.990. The lowest BCUT2D eigenvalue weighted by Gasteiger charge is -2.30. The average molecular weight is 252 g/mol. The van der Waals surface area contributed by atoms with E-state index in [2.05, 4.69) is 41.5 Å². The van der Waals surface area contributed by atoms with E-state index in [9.17, 15) is 4.79 Å². The van der Waals surface area contributed by atoms with Gasteiger partial charge in [-0.05, 0) is 39.0 Å². The molecule has 0 amide bonds. The first-order valence-electron chi connectivity index (χ1n) is 6.88. The van der Waals surface area contributed by atoms with Crippen LogP contribution in [0.3, 0.4) is 0 Å². The molecule has 0 aliphatic carbocycles. The molecule has 0 aliphatic heterocycles. The fourth-order valence-electron chi connectivity index (χ4n) is 3.16. The van der Waals surface area contributed by atoms with Gasteiger partial charge in [-0.15, -0.1) is 0 Å². The lowest BCUT2D eigenvalue weighted by atomic mass is 9.93. The number of aromatic nitrogens is 2. The molecule has 0 bridgehead atoms. The second-order valence-corrected chi connectivity index (χ2v) is 6.70. The van der Waals surface area contributed by atoms with Crippen LogP contribution in [0.1, 0.15) is 65.1 Å². The van der Waals surface area contributed by atoms with Gasteiger partial charge in [0.1, 0.15) is 0 Å². The van der Waals surface area contributed by atoms with E-state index in [0.717, 1.165) is 17.7 Å². The van der Waals surface area contributed by atoms with Gasteiger partial charge in [-0.2, -0.15) is 0 Å². The van der Waals surface area contributed by atoms with Crippen LogP contribution in [0.2, 0.25) is 0 Å². The average Bonchev–Trinajstić information content (AvgIpc) is 2.35. The van der Waals surface area contributed by atoms with Crippen LogP contribution in [-0.2, 0) is 12.6 Å². The van der Waals surface area contributed by atoms with E-state index in [4.69, 9.17) is 0 Å². The Morgan fingerprint density at radius 1 is 1.17 bits per heavy atom. The Balaban J connectivity index is 3.43. The molecular formula is C15H28N2O. The van der Waals surface area contributed by atoms with E-state index >= 15 is 0 Å². The molecule has 0 saturated carbocycles. The Labute approximate surface area is 111 Å². The predicted octanol–water partition coefficient (Wildman–Crippen LogP) is 3.40. The van der Waals surface area contributed by atoms with E-state index in [1.54, 1.807) is 0 Å². The lowest BCUT2D eigenvalue weighted by molar-refractivity contribution is 0.224. The number of nitrogens with zero attached hydrogens (tertiary/aromatic N) is 2. The molecule has 1 heterocycles.